The van der Waals surface area contributed by atoms with E-state index < -0.39 is 0 Å². The molecule has 0 amide bonds. The Balaban J connectivity index is 1.56. The van der Waals surface area contributed by atoms with Crippen LogP contribution in [0, 0.1) is 6.92 Å². The summed E-state index contributed by atoms with van der Waals surface area (Å²) in [5.74, 6) is 1.59. The zero-order chi connectivity index (χ0) is 14.7. The maximum Gasteiger partial charge on any atom is 0.180 e. The first-order chi connectivity index (χ1) is 10.3. The van der Waals surface area contributed by atoms with Crippen molar-refractivity contribution in [2.24, 2.45) is 0 Å². The number of nitrogens with zero attached hydrogens (tertiary/aromatic N) is 5. The van der Waals surface area contributed by atoms with Gasteiger partial charge in [-0.25, -0.2) is 4.98 Å². The fourth-order valence-electron chi connectivity index (χ4n) is 2.70. The molecule has 3 rings (SSSR count). The summed E-state index contributed by atoms with van der Waals surface area (Å²) in [5.41, 5.74) is 1.29. The van der Waals surface area contributed by atoms with Crippen molar-refractivity contribution < 1.29 is 4.74 Å². The van der Waals surface area contributed by atoms with Crippen molar-refractivity contribution in [2.45, 2.75) is 32.9 Å². The molecule has 0 aromatic carbocycles. The fourth-order valence-corrected chi connectivity index (χ4v) is 2.70. The monoisotopic (exact) mass is 290 g/mol. The van der Waals surface area contributed by atoms with Crippen LogP contribution in [0.5, 0.6) is 0 Å². The summed E-state index contributed by atoms with van der Waals surface area (Å²) in [6.45, 7) is 8.48. The Morgan fingerprint density at radius 3 is 3.14 bits per heavy atom. The zero-order valence-electron chi connectivity index (χ0n) is 12.6. The minimum absolute atomic E-state index is 0.0280. The first kappa shape index (κ1) is 14.2. The van der Waals surface area contributed by atoms with Gasteiger partial charge >= 0.3 is 0 Å². The van der Waals surface area contributed by atoms with Gasteiger partial charge in [0.1, 0.15) is 11.9 Å². The fraction of sp³-hybridized carbons (Fsp3) is 0.643. The number of nitrogens with one attached hydrogen (secondary N) is 1. The average Bonchev–Trinajstić information content (AvgIpc) is 3.14. The zero-order valence-corrected chi connectivity index (χ0v) is 12.6. The van der Waals surface area contributed by atoms with Gasteiger partial charge in [-0.1, -0.05) is 0 Å². The third-order valence-electron chi connectivity index (χ3n) is 3.84. The predicted octanol–water partition coefficient (Wildman–Crippen LogP) is 0.946. The number of hydrogen-bond donors (Lipinski definition) is 1. The summed E-state index contributed by atoms with van der Waals surface area (Å²) in [6.07, 6.45) is 2.85. The molecule has 21 heavy (non-hydrogen) atoms. The van der Waals surface area contributed by atoms with E-state index in [0.29, 0.717) is 0 Å². The maximum atomic E-state index is 5.79. The molecule has 0 bridgehead atoms. The van der Waals surface area contributed by atoms with Crippen molar-refractivity contribution in [1.29, 1.82) is 0 Å². The minimum atomic E-state index is -0.0280. The second-order valence-corrected chi connectivity index (χ2v) is 5.33. The van der Waals surface area contributed by atoms with E-state index in [2.05, 4.69) is 42.9 Å². The van der Waals surface area contributed by atoms with E-state index in [1.54, 1.807) is 0 Å². The van der Waals surface area contributed by atoms with Crippen molar-refractivity contribution in [1.82, 2.24) is 29.9 Å². The second kappa shape index (κ2) is 6.36. The van der Waals surface area contributed by atoms with Crippen LogP contribution in [-0.2, 0) is 17.7 Å². The third-order valence-corrected chi connectivity index (χ3v) is 3.84. The standard InChI is InChI=1S/C14H22N6O/c1-3-20-12(4-6-15-20)5-7-19-8-9-21-13(10-19)14-16-11(2)17-18-14/h4,6,13H,3,5,7-10H2,1-2H3,(H,16,17,18)/t13-/m1/s1. The van der Waals surface area contributed by atoms with Gasteiger partial charge in [0.25, 0.3) is 0 Å². The molecule has 1 saturated heterocycles. The largest absolute Gasteiger partial charge is 0.367 e. The number of hydrogen-bond acceptors (Lipinski definition) is 5. The summed E-state index contributed by atoms with van der Waals surface area (Å²) >= 11 is 0. The van der Waals surface area contributed by atoms with E-state index in [-0.39, 0.29) is 6.10 Å². The third kappa shape index (κ3) is 3.30. The number of aryl methyl sites for hydroxylation is 2. The molecule has 7 nitrogen and oxygen atoms in total. The van der Waals surface area contributed by atoms with Crippen LogP contribution < -0.4 is 0 Å². The first-order valence-corrected chi connectivity index (χ1v) is 7.50. The van der Waals surface area contributed by atoms with Gasteiger partial charge in [-0.3, -0.25) is 14.7 Å². The highest BCUT2D eigenvalue weighted by Gasteiger charge is 2.24. The van der Waals surface area contributed by atoms with Crippen LogP contribution in [0.3, 0.4) is 0 Å². The lowest BCUT2D eigenvalue weighted by atomic mass is 10.2. The Kier molecular flexibility index (Phi) is 4.31. The Hall–Kier alpha value is -1.73. The number of ether oxygens (including phenoxy) is 1. The summed E-state index contributed by atoms with van der Waals surface area (Å²) in [5, 5.41) is 11.4. The summed E-state index contributed by atoms with van der Waals surface area (Å²) in [4.78, 5) is 6.78. The van der Waals surface area contributed by atoms with Gasteiger partial charge in [0.05, 0.1) is 6.61 Å². The molecule has 1 fully saturated rings. The summed E-state index contributed by atoms with van der Waals surface area (Å²) in [7, 11) is 0. The molecule has 1 N–H and O–H groups in total. The van der Waals surface area contributed by atoms with Gasteiger partial charge in [0.2, 0.25) is 0 Å². The van der Waals surface area contributed by atoms with Crippen molar-refractivity contribution in [2.75, 3.05) is 26.2 Å². The Labute approximate surface area is 124 Å². The number of morpholine rings is 1. The van der Waals surface area contributed by atoms with Gasteiger partial charge < -0.3 is 4.74 Å². The van der Waals surface area contributed by atoms with Gasteiger partial charge in [-0.05, 0) is 19.9 Å². The van der Waals surface area contributed by atoms with Gasteiger partial charge in [-0.2, -0.15) is 10.2 Å². The summed E-state index contributed by atoms with van der Waals surface area (Å²) < 4.78 is 7.84. The molecule has 0 spiro atoms. The molecular weight excluding hydrogens is 268 g/mol. The van der Waals surface area contributed by atoms with Crippen molar-refractivity contribution in [3.05, 3.63) is 29.6 Å². The van der Waals surface area contributed by atoms with Crippen LogP contribution in [-0.4, -0.2) is 56.1 Å². The molecule has 1 aliphatic rings. The van der Waals surface area contributed by atoms with E-state index in [9.17, 15) is 0 Å². The number of rotatable bonds is 5. The van der Waals surface area contributed by atoms with E-state index in [1.165, 1.54) is 5.69 Å². The van der Waals surface area contributed by atoms with Crippen molar-refractivity contribution >= 4 is 0 Å². The highest BCUT2D eigenvalue weighted by molar-refractivity contribution is 5.01. The quantitative estimate of drug-likeness (QED) is 0.887. The number of aromatic nitrogens is 5. The normalized spacial score (nSPS) is 20.0. The van der Waals surface area contributed by atoms with E-state index >= 15 is 0 Å². The van der Waals surface area contributed by atoms with Crippen LogP contribution in [0.2, 0.25) is 0 Å². The van der Waals surface area contributed by atoms with Crippen molar-refractivity contribution in [3.8, 4) is 0 Å². The van der Waals surface area contributed by atoms with Crippen LogP contribution in [0.25, 0.3) is 0 Å². The average molecular weight is 290 g/mol. The molecule has 0 unspecified atom stereocenters. The van der Waals surface area contributed by atoms with Crippen LogP contribution in [0.4, 0.5) is 0 Å². The highest BCUT2D eigenvalue weighted by atomic mass is 16.5. The lowest BCUT2D eigenvalue weighted by molar-refractivity contribution is -0.0339. The SMILES string of the molecule is CCn1nccc1CCN1CCO[C@@H](c2n[nH]c(C)n2)C1. The van der Waals surface area contributed by atoms with Crippen LogP contribution >= 0.6 is 0 Å². The minimum Gasteiger partial charge on any atom is -0.367 e. The van der Waals surface area contributed by atoms with E-state index in [0.717, 1.165) is 50.9 Å². The van der Waals surface area contributed by atoms with Crippen LogP contribution in [0.1, 0.15) is 30.4 Å². The molecular formula is C14H22N6O. The molecule has 3 heterocycles. The van der Waals surface area contributed by atoms with Gasteiger partial charge in [0, 0.05) is 44.5 Å². The molecule has 114 valence electrons. The summed E-state index contributed by atoms with van der Waals surface area (Å²) in [6, 6.07) is 2.10. The predicted molar refractivity (Wildman–Crippen MR) is 77.9 cm³/mol. The molecule has 0 saturated carbocycles. The highest BCUT2D eigenvalue weighted by Crippen LogP contribution is 2.19. The maximum absolute atomic E-state index is 5.79. The van der Waals surface area contributed by atoms with Crippen molar-refractivity contribution in [3.63, 3.8) is 0 Å². The second-order valence-electron chi connectivity index (χ2n) is 5.33. The van der Waals surface area contributed by atoms with Gasteiger partial charge in [0.15, 0.2) is 5.82 Å². The molecule has 2 aromatic heterocycles. The first-order valence-electron chi connectivity index (χ1n) is 7.50. The molecule has 1 atom stereocenters. The Morgan fingerprint density at radius 2 is 2.38 bits per heavy atom. The van der Waals surface area contributed by atoms with E-state index in [1.807, 2.05) is 13.1 Å². The smallest absolute Gasteiger partial charge is 0.180 e. The van der Waals surface area contributed by atoms with Crippen LogP contribution in [0.15, 0.2) is 12.3 Å². The molecule has 2 aromatic rings. The molecule has 0 radical (unpaired) electrons. The Bertz CT molecular complexity index is 578. The van der Waals surface area contributed by atoms with Gasteiger partial charge in [-0.15, -0.1) is 0 Å². The van der Waals surface area contributed by atoms with E-state index in [4.69, 9.17) is 4.74 Å². The lowest BCUT2D eigenvalue weighted by Crippen LogP contribution is -2.40. The Morgan fingerprint density at radius 1 is 1.48 bits per heavy atom. The topological polar surface area (TPSA) is 71.9 Å². The molecule has 7 heteroatoms. The molecule has 1 aliphatic heterocycles. The lowest BCUT2D eigenvalue weighted by Gasteiger charge is -2.31. The molecule has 0 aliphatic carbocycles. The number of aromatic amines is 1. The number of H-pyrrole nitrogens is 1.